The minimum absolute atomic E-state index is 0.650. The summed E-state index contributed by atoms with van der Waals surface area (Å²) in [4.78, 5) is 0. The summed E-state index contributed by atoms with van der Waals surface area (Å²) < 4.78 is 1.62. The quantitative estimate of drug-likeness (QED) is 0.874. The average molecular weight is 274 g/mol. The molecule has 1 heterocycles. The first-order chi connectivity index (χ1) is 9.24. The van der Waals surface area contributed by atoms with E-state index in [1.165, 1.54) is 31.2 Å². The first-order valence-electron chi connectivity index (χ1n) is 6.68. The number of hydrogen-bond donors (Lipinski definition) is 1. The number of thioether (sulfide) groups is 1. The lowest BCUT2D eigenvalue weighted by Crippen LogP contribution is -2.12. The van der Waals surface area contributed by atoms with Crippen molar-refractivity contribution >= 4 is 11.8 Å². The Morgan fingerprint density at radius 2 is 1.84 bits per heavy atom. The number of aryl methyl sites for hydroxylation is 1. The molecular formula is C14H18N4S. The molecule has 0 saturated heterocycles. The molecule has 0 unspecified atom stereocenters. The van der Waals surface area contributed by atoms with Crippen molar-refractivity contribution in [2.45, 2.75) is 43.0 Å². The second-order valence-electron chi connectivity index (χ2n) is 5.07. The van der Waals surface area contributed by atoms with Gasteiger partial charge in [-0.1, -0.05) is 54.4 Å². The summed E-state index contributed by atoms with van der Waals surface area (Å²) in [6, 6.07) is 8.20. The number of aromatic nitrogens is 3. The van der Waals surface area contributed by atoms with E-state index in [0.29, 0.717) is 5.25 Å². The molecule has 3 rings (SSSR count). The zero-order valence-electron chi connectivity index (χ0n) is 11.0. The molecule has 100 valence electrons. The molecular weight excluding hydrogens is 256 g/mol. The van der Waals surface area contributed by atoms with E-state index in [9.17, 15) is 0 Å². The Hall–Kier alpha value is -1.49. The summed E-state index contributed by atoms with van der Waals surface area (Å²) in [6.07, 6.45) is 5.16. The van der Waals surface area contributed by atoms with Crippen LogP contribution in [0.2, 0.25) is 0 Å². The van der Waals surface area contributed by atoms with Crippen LogP contribution in [0.1, 0.15) is 31.2 Å². The molecule has 0 spiro atoms. The van der Waals surface area contributed by atoms with Gasteiger partial charge in [-0.15, -0.1) is 10.2 Å². The summed E-state index contributed by atoms with van der Waals surface area (Å²) in [5, 5.41) is 9.93. The van der Waals surface area contributed by atoms with Gasteiger partial charge in [0.25, 0.3) is 0 Å². The number of rotatable bonds is 3. The molecule has 1 aromatic heterocycles. The molecule has 0 amide bonds. The van der Waals surface area contributed by atoms with Gasteiger partial charge in [-0.05, 0) is 19.8 Å². The summed E-state index contributed by atoms with van der Waals surface area (Å²) >= 11 is 1.76. The van der Waals surface area contributed by atoms with Crippen LogP contribution in [-0.4, -0.2) is 20.1 Å². The fraction of sp³-hybridized carbons (Fsp3) is 0.429. The third-order valence-corrected chi connectivity index (χ3v) is 4.84. The molecule has 4 nitrogen and oxygen atoms in total. The van der Waals surface area contributed by atoms with E-state index in [2.05, 4.69) is 29.3 Å². The van der Waals surface area contributed by atoms with Crippen molar-refractivity contribution in [1.29, 1.82) is 0 Å². The number of hydrogen-bond acceptors (Lipinski definition) is 4. The van der Waals surface area contributed by atoms with Crippen LogP contribution in [0.3, 0.4) is 0 Å². The molecule has 0 atom stereocenters. The van der Waals surface area contributed by atoms with E-state index in [0.717, 1.165) is 16.5 Å². The van der Waals surface area contributed by atoms with Crippen molar-refractivity contribution in [3.8, 4) is 11.4 Å². The number of benzene rings is 1. The van der Waals surface area contributed by atoms with Gasteiger partial charge in [-0.3, -0.25) is 0 Å². The van der Waals surface area contributed by atoms with Crippen LogP contribution in [0, 0.1) is 6.92 Å². The van der Waals surface area contributed by atoms with Crippen molar-refractivity contribution in [3.05, 3.63) is 29.8 Å². The fourth-order valence-corrected chi connectivity index (χ4v) is 3.57. The van der Waals surface area contributed by atoms with Crippen molar-refractivity contribution < 1.29 is 0 Å². The Balaban J connectivity index is 1.83. The Kier molecular flexibility index (Phi) is 3.46. The standard InChI is InChI=1S/C14H18N4S/c1-10-6-8-11(9-7-10)13-16-17-14(18(13)15)19-12-4-2-3-5-12/h6-9,12H,2-5,15H2,1H3. The maximum Gasteiger partial charge on any atom is 0.210 e. The summed E-state index contributed by atoms with van der Waals surface area (Å²) in [6.45, 7) is 2.07. The van der Waals surface area contributed by atoms with E-state index < -0.39 is 0 Å². The first-order valence-corrected chi connectivity index (χ1v) is 7.56. The maximum atomic E-state index is 6.12. The van der Waals surface area contributed by atoms with Crippen LogP contribution >= 0.6 is 11.8 Å². The van der Waals surface area contributed by atoms with Gasteiger partial charge in [-0.2, -0.15) is 0 Å². The van der Waals surface area contributed by atoms with Crippen LogP contribution in [0.5, 0.6) is 0 Å². The smallest absolute Gasteiger partial charge is 0.210 e. The lowest BCUT2D eigenvalue weighted by Gasteiger charge is -2.08. The lowest BCUT2D eigenvalue weighted by molar-refractivity contribution is 0.828. The fourth-order valence-electron chi connectivity index (χ4n) is 2.41. The highest BCUT2D eigenvalue weighted by atomic mass is 32.2. The van der Waals surface area contributed by atoms with Gasteiger partial charge in [0.05, 0.1) is 0 Å². The molecule has 1 saturated carbocycles. The minimum Gasteiger partial charge on any atom is -0.335 e. The van der Waals surface area contributed by atoms with E-state index >= 15 is 0 Å². The van der Waals surface area contributed by atoms with Gasteiger partial charge in [0, 0.05) is 10.8 Å². The van der Waals surface area contributed by atoms with Crippen molar-refractivity contribution in [2.75, 3.05) is 5.84 Å². The number of nitrogen functional groups attached to an aromatic ring is 1. The average Bonchev–Trinajstić information content (AvgIpc) is 3.03. The Labute approximate surface area is 117 Å². The highest BCUT2D eigenvalue weighted by Crippen LogP contribution is 2.34. The van der Waals surface area contributed by atoms with Crippen LogP contribution < -0.4 is 5.84 Å². The molecule has 2 aromatic rings. The van der Waals surface area contributed by atoms with Crippen molar-refractivity contribution in [3.63, 3.8) is 0 Å². The van der Waals surface area contributed by atoms with Crippen LogP contribution in [0.15, 0.2) is 29.4 Å². The zero-order chi connectivity index (χ0) is 13.2. The van der Waals surface area contributed by atoms with Crippen molar-refractivity contribution in [1.82, 2.24) is 14.9 Å². The normalized spacial score (nSPS) is 16.1. The molecule has 5 heteroatoms. The number of nitrogens with zero attached hydrogens (tertiary/aromatic N) is 3. The highest BCUT2D eigenvalue weighted by Gasteiger charge is 2.20. The minimum atomic E-state index is 0.650. The zero-order valence-corrected chi connectivity index (χ0v) is 11.9. The predicted octanol–water partition coefficient (Wildman–Crippen LogP) is 3.00. The molecule has 1 aromatic carbocycles. The Morgan fingerprint density at radius 1 is 1.16 bits per heavy atom. The van der Waals surface area contributed by atoms with Crippen LogP contribution in [0.4, 0.5) is 0 Å². The Bertz CT molecular complexity index is 555. The lowest BCUT2D eigenvalue weighted by atomic mass is 10.1. The third kappa shape index (κ3) is 2.61. The van der Waals surface area contributed by atoms with Crippen LogP contribution in [0.25, 0.3) is 11.4 Å². The molecule has 0 aliphatic heterocycles. The molecule has 1 aliphatic rings. The molecule has 19 heavy (non-hydrogen) atoms. The van der Waals surface area contributed by atoms with Crippen molar-refractivity contribution in [2.24, 2.45) is 0 Å². The third-order valence-electron chi connectivity index (χ3n) is 3.55. The topological polar surface area (TPSA) is 56.7 Å². The van der Waals surface area contributed by atoms with E-state index in [1.807, 2.05) is 12.1 Å². The summed E-state index contributed by atoms with van der Waals surface area (Å²) in [5.74, 6) is 6.86. The van der Waals surface area contributed by atoms with Gasteiger partial charge >= 0.3 is 0 Å². The van der Waals surface area contributed by atoms with Gasteiger partial charge in [0.2, 0.25) is 5.16 Å². The molecule has 1 fully saturated rings. The Morgan fingerprint density at radius 3 is 2.53 bits per heavy atom. The van der Waals surface area contributed by atoms with Gasteiger partial charge in [-0.25, -0.2) is 4.68 Å². The van der Waals surface area contributed by atoms with Gasteiger partial charge in [0.1, 0.15) is 0 Å². The van der Waals surface area contributed by atoms with Gasteiger partial charge < -0.3 is 5.84 Å². The van der Waals surface area contributed by atoms with Crippen LogP contribution in [-0.2, 0) is 0 Å². The largest absolute Gasteiger partial charge is 0.335 e. The van der Waals surface area contributed by atoms with Gasteiger partial charge in [0.15, 0.2) is 5.82 Å². The highest BCUT2D eigenvalue weighted by molar-refractivity contribution is 7.99. The molecule has 2 N–H and O–H groups in total. The molecule has 1 aliphatic carbocycles. The van der Waals surface area contributed by atoms with E-state index in [4.69, 9.17) is 5.84 Å². The van der Waals surface area contributed by atoms with E-state index in [-0.39, 0.29) is 0 Å². The first kappa shape index (κ1) is 12.5. The molecule has 0 radical (unpaired) electrons. The summed E-state index contributed by atoms with van der Waals surface area (Å²) in [7, 11) is 0. The molecule has 0 bridgehead atoms. The summed E-state index contributed by atoms with van der Waals surface area (Å²) in [5.41, 5.74) is 2.24. The SMILES string of the molecule is Cc1ccc(-c2nnc(SC3CCCC3)n2N)cc1. The second kappa shape index (κ2) is 5.25. The second-order valence-corrected chi connectivity index (χ2v) is 6.33. The predicted molar refractivity (Wildman–Crippen MR) is 78.5 cm³/mol. The maximum absolute atomic E-state index is 6.12. The number of nitrogens with two attached hydrogens (primary N) is 1. The monoisotopic (exact) mass is 274 g/mol. The van der Waals surface area contributed by atoms with E-state index in [1.54, 1.807) is 16.4 Å².